The molecule has 1 N–H and O–H groups in total. The van der Waals surface area contributed by atoms with Crippen LogP contribution in [0.3, 0.4) is 0 Å². The molecule has 17 heavy (non-hydrogen) atoms. The van der Waals surface area contributed by atoms with E-state index >= 15 is 0 Å². The van der Waals surface area contributed by atoms with E-state index < -0.39 is 0 Å². The molecule has 0 unspecified atom stereocenters. The SMILES string of the molecule is CNC1CCC(N(C)Cc2ccoc2C)CC1. The molecular weight excluding hydrogens is 212 g/mol. The van der Waals surface area contributed by atoms with Crippen molar-refractivity contribution in [2.24, 2.45) is 0 Å². The van der Waals surface area contributed by atoms with Gasteiger partial charge in [-0.2, -0.15) is 0 Å². The van der Waals surface area contributed by atoms with Crippen LogP contribution in [-0.2, 0) is 6.54 Å². The second kappa shape index (κ2) is 5.69. The first kappa shape index (κ1) is 12.7. The monoisotopic (exact) mass is 236 g/mol. The van der Waals surface area contributed by atoms with Gasteiger partial charge < -0.3 is 9.73 Å². The molecule has 1 saturated carbocycles. The molecule has 0 aliphatic heterocycles. The van der Waals surface area contributed by atoms with Crippen LogP contribution in [0.4, 0.5) is 0 Å². The molecule has 96 valence electrons. The molecule has 0 saturated heterocycles. The van der Waals surface area contributed by atoms with Crippen molar-refractivity contribution in [1.82, 2.24) is 10.2 Å². The molecule has 1 fully saturated rings. The van der Waals surface area contributed by atoms with Gasteiger partial charge in [-0.15, -0.1) is 0 Å². The van der Waals surface area contributed by atoms with E-state index in [-0.39, 0.29) is 0 Å². The second-order valence-corrected chi connectivity index (χ2v) is 5.21. The van der Waals surface area contributed by atoms with E-state index in [1.54, 1.807) is 6.26 Å². The van der Waals surface area contributed by atoms with Crippen molar-refractivity contribution >= 4 is 0 Å². The highest BCUT2D eigenvalue weighted by Gasteiger charge is 2.23. The predicted molar refractivity (Wildman–Crippen MR) is 70.0 cm³/mol. The van der Waals surface area contributed by atoms with Gasteiger partial charge in [0, 0.05) is 24.2 Å². The molecule has 1 aromatic rings. The summed E-state index contributed by atoms with van der Waals surface area (Å²) in [7, 11) is 4.31. The van der Waals surface area contributed by atoms with Crippen LogP contribution in [0.1, 0.15) is 37.0 Å². The van der Waals surface area contributed by atoms with Crippen LogP contribution in [0.25, 0.3) is 0 Å². The molecule has 0 amide bonds. The molecule has 0 bridgehead atoms. The van der Waals surface area contributed by atoms with Crippen molar-refractivity contribution in [1.29, 1.82) is 0 Å². The molecular formula is C14H24N2O. The molecule has 2 rings (SSSR count). The number of aryl methyl sites for hydroxylation is 1. The lowest BCUT2D eigenvalue weighted by Gasteiger charge is -2.34. The first-order valence-corrected chi connectivity index (χ1v) is 6.61. The fourth-order valence-electron chi connectivity index (χ4n) is 2.78. The number of furan rings is 1. The van der Waals surface area contributed by atoms with Gasteiger partial charge in [-0.05, 0) is 52.8 Å². The maximum atomic E-state index is 5.35. The van der Waals surface area contributed by atoms with E-state index in [4.69, 9.17) is 4.42 Å². The predicted octanol–water partition coefficient (Wildman–Crippen LogP) is 2.55. The zero-order valence-electron chi connectivity index (χ0n) is 11.2. The minimum absolute atomic E-state index is 0.730. The first-order valence-electron chi connectivity index (χ1n) is 6.61. The molecule has 1 aliphatic rings. The lowest BCUT2D eigenvalue weighted by atomic mass is 9.90. The highest BCUT2D eigenvalue weighted by Crippen LogP contribution is 2.24. The van der Waals surface area contributed by atoms with Crippen LogP contribution in [0.15, 0.2) is 16.7 Å². The first-order chi connectivity index (χ1) is 8.20. The maximum absolute atomic E-state index is 5.35. The van der Waals surface area contributed by atoms with Gasteiger partial charge in [-0.1, -0.05) is 0 Å². The minimum Gasteiger partial charge on any atom is -0.469 e. The smallest absolute Gasteiger partial charge is 0.105 e. The number of nitrogens with one attached hydrogen (secondary N) is 1. The number of rotatable bonds is 4. The number of hydrogen-bond acceptors (Lipinski definition) is 3. The molecule has 0 radical (unpaired) electrons. The Morgan fingerprint density at radius 1 is 1.35 bits per heavy atom. The van der Waals surface area contributed by atoms with Gasteiger partial charge in [0.2, 0.25) is 0 Å². The molecule has 3 nitrogen and oxygen atoms in total. The Morgan fingerprint density at radius 3 is 2.59 bits per heavy atom. The van der Waals surface area contributed by atoms with E-state index in [1.165, 1.54) is 31.2 Å². The van der Waals surface area contributed by atoms with Crippen molar-refractivity contribution in [2.75, 3.05) is 14.1 Å². The summed E-state index contributed by atoms with van der Waals surface area (Å²) < 4.78 is 5.35. The van der Waals surface area contributed by atoms with Crippen molar-refractivity contribution in [3.05, 3.63) is 23.7 Å². The maximum Gasteiger partial charge on any atom is 0.105 e. The van der Waals surface area contributed by atoms with Crippen LogP contribution < -0.4 is 5.32 Å². The van der Waals surface area contributed by atoms with Gasteiger partial charge in [-0.3, -0.25) is 4.90 Å². The quantitative estimate of drug-likeness (QED) is 0.871. The number of nitrogens with zero attached hydrogens (tertiary/aromatic N) is 1. The van der Waals surface area contributed by atoms with Crippen LogP contribution in [0, 0.1) is 6.92 Å². The summed E-state index contributed by atoms with van der Waals surface area (Å²) in [5, 5.41) is 3.38. The van der Waals surface area contributed by atoms with E-state index in [2.05, 4.69) is 30.4 Å². The second-order valence-electron chi connectivity index (χ2n) is 5.21. The zero-order chi connectivity index (χ0) is 12.3. The lowest BCUT2D eigenvalue weighted by molar-refractivity contribution is 0.169. The average Bonchev–Trinajstić information content (AvgIpc) is 2.75. The molecule has 1 aliphatic carbocycles. The average molecular weight is 236 g/mol. The van der Waals surface area contributed by atoms with Gasteiger partial charge >= 0.3 is 0 Å². The van der Waals surface area contributed by atoms with Crippen LogP contribution >= 0.6 is 0 Å². The molecule has 1 heterocycles. The highest BCUT2D eigenvalue weighted by atomic mass is 16.3. The van der Waals surface area contributed by atoms with Crippen LogP contribution in [0.2, 0.25) is 0 Å². The van der Waals surface area contributed by atoms with Crippen molar-refractivity contribution in [3.8, 4) is 0 Å². The summed E-state index contributed by atoms with van der Waals surface area (Å²) in [4.78, 5) is 2.48. The third-order valence-corrected chi connectivity index (χ3v) is 4.11. The fourth-order valence-corrected chi connectivity index (χ4v) is 2.78. The van der Waals surface area contributed by atoms with Crippen molar-refractivity contribution < 1.29 is 4.42 Å². The molecule has 1 aromatic heterocycles. The van der Waals surface area contributed by atoms with E-state index in [0.717, 1.165) is 24.4 Å². The Morgan fingerprint density at radius 2 is 2.06 bits per heavy atom. The van der Waals surface area contributed by atoms with Crippen molar-refractivity contribution in [3.63, 3.8) is 0 Å². The Labute approximate surface area is 104 Å². The summed E-state index contributed by atoms with van der Waals surface area (Å²) in [6.45, 7) is 3.05. The normalized spacial score (nSPS) is 25.4. The Kier molecular flexibility index (Phi) is 4.24. The van der Waals surface area contributed by atoms with Gasteiger partial charge in [0.15, 0.2) is 0 Å². The van der Waals surface area contributed by atoms with E-state index in [9.17, 15) is 0 Å². The third kappa shape index (κ3) is 3.11. The Bertz CT molecular complexity index is 340. The zero-order valence-corrected chi connectivity index (χ0v) is 11.2. The largest absolute Gasteiger partial charge is 0.469 e. The van der Waals surface area contributed by atoms with Crippen LogP contribution in [-0.4, -0.2) is 31.1 Å². The summed E-state index contributed by atoms with van der Waals surface area (Å²) in [5.74, 6) is 1.06. The minimum atomic E-state index is 0.730. The summed E-state index contributed by atoms with van der Waals surface area (Å²) in [6.07, 6.45) is 7.00. The Hall–Kier alpha value is -0.800. The van der Waals surface area contributed by atoms with Gasteiger partial charge in [0.05, 0.1) is 6.26 Å². The van der Waals surface area contributed by atoms with Gasteiger partial charge in [-0.25, -0.2) is 0 Å². The van der Waals surface area contributed by atoms with E-state index in [0.29, 0.717) is 0 Å². The summed E-state index contributed by atoms with van der Waals surface area (Å²) in [6, 6.07) is 3.55. The number of hydrogen-bond donors (Lipinski definition) is 1. The molecule has 0 spiro atoms. The Balaban J connectivity index is 1.85. The summed E-state index contributed by atoms with van der Waals surface area (Å²) >= 11 is 0. The summed E-state index contributed by atoms with van der Waals surface area (Å²) in [5.41, 5.74) is 1.32. The third-order valence-electron chi connectivity index (χ3n) is 4.11. The van der Waals surface area contributed by atoms with Crippen LogP contribution in [0.5, 0.6) is 0 Å². The molecule has 3 heteroatoms. The standard InChI is InChI=1S/C14H24N2O/c1-11-12(8-9-17-11)10-16(3)14-6-4-13(15-2)5-7-14/h8-9,13-15H,4-7,10H2,1-3H3. The van der Waals surface area contributed by atoms with Gasteiger partial charge in [0.25, 0.3) is 0 Å². The molecule has 0 aromatic carbocycles. The van der Waals surface area contributed by atoms with Crippen molar-refractivity contribution in [2.45, 2.75) is 51.2 Å². The fraction of sp³-hybridized carbons (Fsp3) is 0.714. The lowest BCUT2D eigenvalue weighted by Crippen LogP contribution is -2.39. The van der Waals surface area contributed by atoms with E-state index in [1.807, 2.05) is 6.92 Å². The molecule has 0 atom stereocenters. The van der Waals surface area contributed by atoms with Gasteiger partial charge in [0.1, 0.15) is 5.76 Å². The topological polar surface area (TPSA) is 28.4 Å². The highest BCUT2D eigenvalue weighted by molar-refractivity contribution is 5.15.